The van der Waals surface area contributed by atoms with E-state index in [2.05, 4.69) is 19.9 Å². The van der Waals surface area contributed by atoms with Crippen molar-refractivity contribution in [3.63, 3.8) is 0 Å². The van der Waals surface area contributed by atoms with Gasteiger partial charge in [0.1, 0.15) is 11.6 Å². The van der Waals surface area contributed by atoms with Gasteiger partial charge in [-0.25, -0.2) is 0 Å². The number of ketones is 3. The lowest BCUT2D eigenvalue weighted by Gasteiger charge is -2.63. The number of carbonyl (C=O) groups is 3. The Balaban J connectivity index is 1.64. The number of aliphatic hydroxyl groups is 2. The molecular weight excluding hydrogens is 456 g/mol. The molecule has 9 atom stereocenters. The minimum absolute atomic E-state index is 0.0310. The van der Waals surface area contributed by atoms with Crippen LogP contribution in [-0.4, -0.2) is 45.4 Å². The number of rotatable bonds is 1. The van der Waals surface area contributed by atoms with Crippen LogP contribution in [0.4, 0.5) is 0 Å². The van der Waals surface area contributed by atoms with E-state index in [1.165, 1.54) is 0 Å². The molecule has 0 aromatic heterocycles. The number of ether oxygens (including phenoxy) is 1. The number of hydrogen-bond donors (Lipinski definition) is 2. The van der Waals surface area contributed by atoms with Crippen molar-refractivity contribution in [3.8, 4) is 0 Å². The molecule has 0 radical (unpaired) electrons. The maximum Gasteiger partial charge on any atom is 0.206 e. The lowest BCUT2D eigenvalue weighted by atomic mass is 9.39. The first-order valence-corrected chi connectivity index (χ1v) is 13.5. The number of Topliss-reactive ketones (excluding diaryl/α,β-unsaturated/α-hetero) is 3. The van der Waals surface area contributed by atoms with Crippen LogP contribution in [-0.2, 0) is 19.1 Å². The quantitative estimate of drug-likeness (QED) is 0.506. The zero-order chi connectivity index (χ0) is 26.8. The molecule has 6 heteroatoms. The Morgan fingerprint density at radius 2 is 1.69 bits per heavy atom. The summed E-state index contributed by atoms with van der Waals surface area (Å²) < 4.78 is 6.59. The number of carbonyl (C=O) groups excluding carboxylic acids is 3. The maximum absolute atomic E-state index is 14.3. The standard InChI is InChI=1S/C30H42O6/c1-15-18(31)12-23(27(4,5)35)36-20-13-28(6)21-10-9-16-17(11-19(32)25(34)26(16,2)3)30(21,8)22(33)14-29(28,7)24(15)20/h9,11,15,17,20-21,23-24,32,35H,10,12-14H2,1-8H3/t15-,17-,20+,21+,23+,24+,28+,29-,30+/m1/s1. The van der Waals surface area contributed by atoms with E-state index in [0.717, 1.165) is 5.57 Å². The topological polar surface area (TPSA) is 101 Å². The Labute approximate surface area is 214 Å². The number of fused-ring (bicyclic) bond motifs is 7. The second-order valence-electron chi connectivity index (χ2n) is 14.2. The number of aliphatic hydroxyl groups excluding tert-OH is 1. The highest BCUT2D eigenvalue weighted by Gasteiger charge is 2.73. The van der Waals surface area contributed by atoms with Crippen LogP contribution in [0.3, 0.4) is 0 Å². The first-order valence-electron chi connectivity index (χ1n) is 13.5. The largest absolute Gasteiger partial charge is 0.505 e. The molecule has 36 heavy (non-hydrogen) atoms. The summed E-state index contributed by atoms with van der Waals surface area (Å²) >= 11 is 0. The SMILES string of the molecule is C[C@@H]1C(=O)C[C@@H](C(C)(C)O)O[C@H]2C[C@@]3(C)[C@@H]4CC=C5[C@@H](C=C(O)C(=O)C5(C)C)[C@]4(C)C(=O)C[C@]3(C)[C@H]21. The molecule has 3 fully saturated rings. The fourth-order valence-electron chi connectivity index (χ4n) is 9.24. The lowest BCUT2D eigenvalue weighted by Crippen LogP contribution is -2.62. The summed E-state index contributed by atoms with van der Waals surface area (Å²) in [5.41, 5.74) is -2.59. The van der Waals surface area contributed by atoms with E-state index in [-0.39, 0.29) is 64.7 Å². The summed E-state index contributed by atoms with van der Waals surface area (Å²) in [5.74, 6) is -1.07. The molecule has 6 nitrogen and oxygen atoms in total. The average Bonchev–Trinajstić information content (AvgIpc) is 2.88. The van der Waals surface area contributed by atoms with E-state index in [0.29, 0.717) is 19.3 Å². The first kappa shape index (κ1) is 25.8. The molecule has 0 unspecified atom stereocenters. The Bertz CT molecular complexity index is 1110. The summed E-state index contributed by atoms with van der Waals surface area (Å²) in [4.78, 5) is 40.4. The van der Waals surface area contributed by atoms with E-state index in [1.807, 2.05) is 27.7 Å². The molecule has 2 saturated carbocycles. The van der Waals surface area contributed by atoms with E-state index < -0.39 is 27.9 Å². The van der Waals surface area contributed by atoms with Gasteiger partial charge in [0, 0.05) is 36.0 Å². The van der Waals surface area contributed by atoms with E-state index in [1.54, 1.807) is 19.9 Å². The number of hydrogen-bond acceptors (Lipinski definition) is 6. The van der Waals surface area contributed by atoms with Crippen molar-refractivity contribution in [2.75, 3.05) is 0 Å². The second-order valence-corrected chi connectivity index (χ2v) is 14.2. The first-order chi connectivity index (χ1) is 16.4. The molecule has 198 valence electrons. The van der Waals surface area contributed by atoms with Gasteiger partial charge in [-0.15, -0.1) is 0 Å². The minimum Gasteiger partial charge on any atom is -0.505 e. The lowest BCUT2D eigenvalue weighted by molar-refractivity contribution is -0.167. The van der Waals surface area contributed by atoms with Gasteiger partial charge in [-0.1, -0.05) is 39.3 Å². The fraction of sp³-hybridized carbons (Fsp3) is 0.767. The smallest absolute Gasteiger partial charge is 0.206 e. The highest BCUT2D eigenvalue weighted by molar-refractivity contribution is 6.02. The molecule has 1 saturated heterocycles. The molecule has 0 aromatic carbocycles. The van der Waals surface area contributed by atoms with Gasteiger partial charge >= 0.3 is 0 Å². The molecule has 2 N–H and O–H groups in total. The fourth-order valence-corrected chi connectivity index (χ4v) is 9.24. The Morgan fingerprint density at radius 1 is 1.06 bits per heavy atom. The van der Waals surface area contributed by atoms with Gasteiger partial charge in [-0.05, 0) is 63.4 Å². The molecule has 5 aliphatic rings. The highest BCUT2D eigenvalue weighted by Crippen LogP contribution is 2.74. The van der Waals surface area contributed by atoms with Gasteiger partial charge in [0.05, 0.1) is 23.2 Å². The predicted molar refractivity (Wildman–Crippen MR) is 135 cm³/mol. The third kappa shape index (κ3) is 3.00. The van der Waals surface area contributed by atoms with Crippen LogP contribution in [0.5, 0.6) is 0 Å². The van der Waals surface area contributed by atoms with Crippen molar-refractivity contribution in [2.24, 2.45) is 45.3 Å². The molecule has 0 bridgehead atoms. The molecule has 1 aliphatic heterocycles. The summed E-state index contributed by atoms with van der Waals surface area (Å²) in [5, 5.41) is 21.4. The van der Waals surface area contributed by atoms with Crippen molar-refractivity contribution < 1.29 is 29.3 Å². The molecule has 0 amide bonds. The van der Waals surface area contributed by atoms with Crippen molar-refractivity contribution in [3.05, 3.63) is 23.5 Å². The Kier molecular flexibility index (Phi) is 5.32. The van der Waals surface area contributed by atoms with Gasteiger partial charge in [-0.2, -0.15) is 0 Å². The van der Waals surface area contributed by atoms with Gasteiger partial charge in [-0.3, -0.25) is 14.4 Å². The normalized spacial score (nSPS) is 48.2. The zero-order valence-electron chi connectivity index (χ0n) is 23.0. The molecular formula is C30H42O6. The van der Waals surface area contributed by atoms with E-state index in [4.69, 9.17) is 4.74 Å². The van der Waals surface area contributed by atoms with E-state index >= 15 is 0 Å². The summed E-state index contributed by atoms with van der Waals surface area (Å²) in [6.45, 7) is 15.5. The van der Waals surface area contributed by atoms with Gasteiger partial charge < -0.3 is 14.9 Å². The van der Waals surface area contributed by atoms with E-state index in [9.17, 15) is 24.6 Å². The van der Waals surface area contributed by atoms with Crippen LogP contribution >= 0.6 is 0 Å². The van der Waals surface area contributed by atoms with Crippen LogP contribution in [0.15, 0.2) is 23.5 Å². The third-order valence-electron chi connectivity index (χ3n) is 11.6. The van der Waals surface area contributed by atoms with Gasteiger partial charge in [0.15, 0.2) is 5.76 Å². The highest BCUT2D eigenvalue weighted by atomic mass is 16.5. The molecule has 0 aromatic rings. The van der Waals surface area contributed by atoms with Crippen LogP contribution in [0.25, 0.3) is 0 Å². The van der Waals surface area contributed by atoms with Crippen molar-refractivity contribution >= 4 is 17.3 Å². The molecule has 1 heterocycles. The third-order valence-corrected chi connectivity index (χ3v) is 11.6. The van der Waals surface area contributed by atoms with Crippen molar-refractivity contribution in [1.82, 2.24) is 0 Å². The Hall–Kier alpha value is -1.79. The van der Waals surface area contributed by atoms with Crippen LogP contribution in [0.2, 0.25) is 0 Å². The summed E-state index contributed by atoms with van der Waals surface area (Å²) in [6, 6.07) is 0. The Morgan fingerprint density at radius 3 is 2.31 bits per heavy atom. The van der Waals surface area contributed by atoms with Gasteiger partial charge in [0.2, 0.25) is 5.78 Å². The predicted octanol–water partition coefficient (Wildman–Crippen LogP) is 4.74. The average molecular weight is 499 g/mol. The minimum atomic E-state index is -1.14. The summed E-state index contributed by atoms with van der Waals surface area (Å²) in [7, 11) is 0. The maximum atomic E-state index is 14.3. The summed E-state index contributed by atoms with van der Waals surface area (Å²) in [6.07, 6.45) is 4.84. The van der Waals surface area contributed by atoms with Crippen LogP contribution in [0, 0.1) is 45.3 Å². The molecule has 0 spiro atoms. The second kappa shape index (κ2) is 7.41. The van der Waals surface area contributed by atoms with Crippen LogP contribution < -0.4 is 0 Å². The monoisotopic (exact) mass is 498 g/mol. The molecule has 5 rings (SSSR count). The zero-order valence-corrected chi connectivity index (χ0v) is 23.0. The van der Waals surface area contributed by atoms with Crippen molar-refractivity contribution in [1.29, 1.82) is 0 Å². The number of allylic oxidation sites excluding steroid dienone is 4. The molecule has 4 aliphatic carbocycles. The van der Waals surface area contributed by atoms with Crippen LogP contribution in [0.1, 0.15) is 81.1 Å². The van der Waals surface area contributed by atoms with Gasteiger partial charge in [0.25, 0.3) is 0 Å². The van der Waals surface area contributed by atoms with Crippen molar-refractivity contribution in [2.45, 2.75) is 98.9 Å².